The Hall–Kier alpha value is -3.79. The molecule has 1 amide bonds. The van der Waals surface area contributed by atoms with Gasteiger partial charge in [0.05, 0.1) is 20.3 Å². The first-order chi connectivity index (χ1) is 29.6. The average molecular weight is 876 g/mol. The summed E-state index contributed by atoms with van der Waals surface area (Å²) in [4.78, 5) is 40.6. The highest BCUT2D eigenvalue weighted by molar-refractivity contribution is 8.01. The number of para-hydroxylation sites is 1. The van der Waals surface area contributed by atoms with Crippen molar-refractivity contribution in [3.05, 3.63) is 70.9 Å². The van der Waals surface area contributed by atoms with Crippen molar-refractivity contribution in [1.82, 2.24) is 20.1 Å². The number of anilines is 1. The first-order valence-electron chi connectivity index (χ1n) is 22.7. The quantitative estimate of drug-likeness (QED) is 0.0646. The van der Waals surface area contributed by atoms with E-state index in [0.717, 1.165) is 59.3 Å². The van der Waals surface area contributed by atoms with Gasteiger partial charge in [-0.05, 0) is 93.3 Å². The number of carbonyl (C=O) groups is 2. The molecule has 1 saturated heterocycles. The molecule has 8 rings (SSSR count). The summed E-state index contributed by atoms with van der Waals surface area (Å²) in [6, 6.07) is 11.0. The number of hydrogen-bond acceptors (Lipinski definition) is 11. The molecule has 0 bridgehead atoms. The van der Waals surface area contributed by atoms with E-state index in [2.05, 4.69) is 45.2 Å². The van der Waals surface area contributed by atoms with E-state index in [4.69, 9.17) is 9.47 Å². The van der Waals surface area contributed by atoms with Crippen LogP contribution < -0.4 is 15.0 Å². The third-order valence-corrected chi connectivity index (χ3v) is 17.0. The van der Waals surface area contributed by atoms with E-state index in [0.29, 0.717) is 62.4 Å². The number of aromatic nitrogens is 1. The predicted molar refractivity (Wildman–Crippen MR) is 245 cm³/mol. The lowest BCUT2D eigenvalue weighted by Crippen LogP contribution is -2.81. The normalized spacial score (nSPS) is 32.3. The number of unbranched alkanes of at least 4 members (excludes halogenated alkanes) is 1. The molecule has 5 N–H and O–H groups in total. The van der Waals surface area contributed by atoms with Crippen LogP contribution in [0.4, 0.5) is 5.69 Å². The molecule has 1 aromatic heterocycles. The van der Waals surface area contributed by atoms with E-state index < -0.39 is 55.8 Å². The van der Waals surface area contributed by atoms with Crippen molar-refractivity contribution in [1.29, 1.82) is 0 Å². The van der Waals surface area contributed by atoms with E-state index in [9.17, 15) is 24.3 Å². The number of benzene rings is 2. The molecule has 2 fully saturated rings. The zero-order valence-electron chi connectivity index (χ0n) is 37.7. The number of ether oxygens (including phenoxy) is 2. The molecule has 62 heavy (non-hydrogen) atoms. The van der Waals surface area contributed by atoms with Crippen LogP contribution in [0.3, 0.4) is 0 Å². The van der Waals surface area contributed by atoms with Crippen LogP contribution in [0.2, 0.25) is 0 Å². The minimum absolute atomic E-state index is 0.143. The standard InChI is InChI=1S/C48H69N5O8S/c1-8-10-21-52-23-17-33-32-15-11-12-16-36(32)50-39(33)47(44(57)61-5,28-31(29-52)30-54)35-26-34-37(27-38(35)60-4)51(3)41-46(34)19-24-53-22-13-18-45(9-2,40(46)53)42(55)48(41,58)43(56)49-20-14-25-62(6,7)59/h11-13,15-16,18,26-27,31,40-42,50,54-55,58,62H,8-10,14,17,19-25,28-30H2,1-7H3,(H,49,56)/t31-,40+,41-,42-,45-,46-,47+,48+/m0/s1. The number of aliphatic hydroxyl groups is 3. The van der Waals surface area contributed by atoms with Gasteiger partial charge in [0.1, 0.15) is 17.3 Å². The maximum atomic E-state index is 15.3. The maximum Gasteiger partial charge on any atom is 0.322 e. The largest absolute Gasteiger partial charge is 0.496 e. The summed E-state index contributed by atoms with van der Waals surface area (Å²) in [6.45, 7) is 7.80. The molecular weight excluding hydrogens is 807 g/mol. The number of carbonyl (C=O) groups excluding carboxylic acids is 2. The second-order valence-electron chi connectivity index (χ2n) is 19.4. The smallest absolute Gasteiger partial charge is 0.322 e. The molecule has 14 heteroatoms. The summed E-state index contributed by atoms with van der Waals surface area (Å²) in [7, 11) is 2.56. The molecule has 2 aromatic carbocycles. The highest BCUT2D eigenvalue weighted by Gasteiger charge is 2.78. The number of nitrogens with zero attached hydrogens (tertiary/aromatic N) is 3. The van der Waals surface area contributed by atoms with E-state index in [1.165, 1.54) is 7.11 Å². The summed E-state index contributed by atoms with van der Waals surface area (Å²) in [6.07, 6.45) is 10.5. The summed E-state index contributed by atoms with van der Waals surface area (Å²) >= 11 is 0. The topological polar surface area (TPSA) is 168 Å². The van der Waals surface area contributed by atoms with Crippen molar-refractivity contribution in [2.24, 2.45) is 11.3 Å². The fraction of sp³-hybridized carbons (Fsp3) is 0.625. The van der Waals surface area contributed by atoms with E-state index in [-0.39, 0.29) is 31.5 Å². The minimum atomic E-state index is -2.34. The van der Waals surface area contributed by atoms with Gasteiger partial charge in [0.2, 0.25) is 0 Å². The van der Waals surface area contributed by atoms with Crippen molar-refractivity contribution in [2.45, 2.75) is 93.4 Å². The molecule has 4 aliphatic heterocycles. The van der Waals surface area contributed by atoms with E-state index in [1.807, 2.05) is 49.2 Å². The number of aliphatic hydroxyl groups excluding tert-OH is 2. The second-order valence-corrected chi connectivity index (χ2v) is 22.9. The van der Waals surface area contributed by atoms with Gasteiger partial charge in [-0.25, -0.2) is 0 Å². The summed E-state index contributed by atoms with van der Waals surface area (Å²) in [5.74, 6) is -0.560. The Balaban J connectivity index is 1.38. The van der Waals surface area contributed by atoms with Crippen LogP contribution >= 0.6 is 0 Å². The summed E-state index contributed by atoms with van der Waals surface area (Å²) < 4.78 is 24.8. The van der Waals surface area contributed by atoms with E-state index >= 15 is 4.79 Å². The van der Waals surface area contributed by atoms with Gasteiger partial charge in [-0.1, -0.05) is 50.6 Å². The van der Waals surface area contributed by atoms with Crippen LogP contribution in [0.15, 0.2) is 48.6 Å². The highest BCUT2D eigenvalue weighted by atomic mass is 32.2. The number of hydrogen-bond donors (Lipinski definition) is 6. The number of thiol groups is 1. The van der Waals surface area contributed by atoms with Gasteiger partial charge in [-0.15, -0.1) is 9.93 Å². The van der Waals surface area contributed by atoms with Gasteiger partial charge < -0.3 is 44.9 Å². The first kappa shape index (κ1) is 44.8. The molecule has 8 atom stereocenters. The molecule has 5 aliphatic rings. The van der Waals surface area contributed by atoms with Crippen LogP contribution in [0.25, 0.3) is 10.9 Å². The van der Waals surface area contributed by atoms with Crippen LogP contribution in [0.5, 0.6) is 5.75 Å². The number of esters is 1. The molecule has 1 aliphatic carbocycles. The van der Waals surface area contributed by atoms with Crippen LogP contribution in [0.1, 0.15) is 74.8 Å². The Morgan fingerprint density at radius 2 is 1.84 bits per heavy atom. The number of rotatable bonds is 13. The number of likely N-dealkylation sites (N-methyl/N-ethyl adjacent to an activating group) is 1. The zero-order chi connectivity index (χ0) is 44.4. The molecular formula is C48H69N5O8S. The van der Waals surface area contributed by atoms with Crippen molar-refractivity contribution in [3.63, 3.8) is 0 Å². The fourth-order valence-electron chi connectivity index (χ4n) is 13.0. The molecule has 0 radical (unpaired) electrons. The molecule has 340 valence electrons. The number of amides is 1. The van der Waals surface area contributed by atoms with Crippen molar-refractivity contribution in [2.75, 3.05) is 90.3 Å². The predicted octanol–water partition coefficient (Wildman–Crippen LogP) is 3.28. The molecule has 1 saturated carbocycles. The molecule has 13 nitrogen and oxygen atoms in total. The molecule has 5 heterocycles. The fourth-order valence-corrected chi connectivity index (χ4v) is 13.9. The van der Waals surface area contributed by atoms with Gasteiger partial charge >= 0.3 is 5.97 Å². The Labute approximate surface area is 367 Å². The molecule has 3 aromatic rings. The van der Waals surface area contributed by atoms with Gasteiger partial charge in [-0.3, -0.25) is 18.7 Å². The minimum Gasteiger partial charge on any atom is -0.496 e. The van der Waals surface area contributed by atoms with Crippen LogP contribution in [0, 0.1) is 11.3 Å². The number of methoxy groups -OCH3 is 2. The number of aromatic amines is 1. The summed E-state index contributed by atoms with van der Waals surface area (Å²) in [5, 5.41) is 41.3. The lowest BCUT2D eigenvalue weighted by atomic mass is 9.47. The number of H-pyrrole nitrogens is 1. The highest BCUT2D eigenvalue weighted by Crippen LogP contribution is 2.67. The average Bonchev–Trinajstić information content (AvgIpc) is 3.93. The molecule has 0 unspecified atom stereocenters. The zero-order valence-corrected chi connectivity index (χ0v) is 38.6. The van der Waals surface area contributed by atoms with Crippen molar-refractivity contribution >= 4 is 38.4 Å². The number of fused-ring (bicyclic) bond motifs is 4. The van der Waals surface area contributed by atoms with Gasteiger partial charge in [0.15, 0.2) is 5.60 Å². The Morgan fingerprint density at radius 1 is 1.06 bits per heavy atom. The Bertz CT molecular complexity index is 2280. The third-order valence-electron chi connectivity index (χ3n) is 15.6. The molecule has 1 spiro atoms. The SMILES string of the molecule is CCCCN1CCc2c([nH]c3ccccc23)[C@](C(=O)OC)(c2cc3c(cc2OC)N(C)[C@@H]2[C@](O)(C(=O)NCCC[SH](C)(C)=O)[C@@H](O)[C@@]4(CC)C=CCN5CC[C@@]32[C@H]54)C[C@H](CO)C1. The Kier molecular flexibility index (Phi) is 12.0. The second kappa shape index (κ2) is 16.6. The first-order valence-corrected chi connectivity index (χ1v) is 25.5. The Morgan fingerprint density at radius 3 is 2.53 bits per heavy atom. The van der Waals surface area contributed by atoms with Gasteiger partial charge in [0.25, 0.3) is 5.91 Å². The van der Waals surface area contributed by atoms with Gasteiger partial charge in [-0.2, -0.15) is 0 Å². The van der Waals surface area contributed by atoms with Crippen molar-refractivity contribution < 1.29 is 38.6 Å². The summed E-state index contributed by atoms with van der Waals surface area (Å²) in [5.41, 5.74) is -0.796. The maximum absolute atomic E-state index is 15.3. The van der Waals surface area contributed by atoms with Crippen LogP contribution in [-0.4, -0.2) is 155 Å². The lowest BCUT2D eigenvalue weighted by molar-refractivity contribution is -0.203. The lowest BCUT2D eigenvalue weighted by Gasteiger charge is -2.63. The van der Waals surface area contributed by atoms with Crippen molar-refractivity contribution in [3.8, 4) is 5.75 Å². The van der Waals surface area contributed by atoms with E-state index in [1.54, 1.807) is 19.6 Å². The van der Waals surface area contributed by atoms with Crippen LogP contribution in [-0.2, 0) is 41.5 Å². The monoisotopic (exact) mass is 875 g/mol. The number of nitrogens with one attached hydrogen (secondary N) is 2. The third kappa shape index (κ3) is 6.59. The van der Waals surface area contributed by atoms with Gasteiger partial charge in [0, 0.05) is 96.4 Å².